The Morgan fingerprint density at radius 2 is 2.14 bits per heavy atom. The first kappa shape index (κ1) is 17.4. The van der Waals surface area contributed by atoms with E-state index in [1.165, 1.54) is 13.3 Å². The number of benzene rings is 1. The molecule has 1 aliphatic rings. The number of methoxy groups -OCH3 is 1. The van der Waals surface area contributed by atoms with Crippen LogP contribution in [0.25, 0.3) is 27.9 Å². The van der Waals surface area contributed by atoms with Gasteiger partial charge in [-0.1, -0.05) is 19.1 Å². The highest BCUT2D eigenvalue weighted by Crippen LogP contribution is 2.40. The number of nitrogens with one attached hydrogen (secondary N) is 1. The minimum absolute atomic E-state index is 0.0301. The molecule has 1 unspecified atom stereocenters. The molecule has 0 saturated heterocycles. The van der Waals surface area contributed by atoms with Crippen molar-refractivity contribution in [3.05, 3.63) is 47.8 Å². The zero-order valence-electron chi connectivity index (χ0n) is 16.3. The lowest BCUT2D eigenvalue weighted by Crippen LogP contribution is -2.30. The number of imidazole rings is 1. The molecule has 0 saturated carbocycles. The molecule has 4 aromatic rings. The van der Waals surface area contributed by atoms with Crippen molar-refractivity contribution in [2.24, 2.45) is 0 Å². The van der Waals surface area contributed by atoms with Crippen LogP contribution in [0.4, 0.5) is 5.69 Å². The highest BCUT2D eigenvalue weighted by molar-refractivity contribution is 6.08. The summed E-state index contributed by atoms with van der Waals surface area (Å²) in [5.41, 5.74) is 5.10. The average molecular weight is 389 g/mol. The van der Waals surface area contributed by atoms with E-state index in [2.05, 4.69) is 21.0 Å². The Bertz CT molecular complexity index is 1320. The maximum absolute atomic E-state index is 12.7. The first-order valence-electron chi connectivity index (χ1n) is 9.42. The molecule has 1 amide bonds. The number of esters is 1. The van der Waals surface area contributed by atoms with Crippen LogP contribution in [0.5, 0.6) is 0 Å². The van der Waals surface area contributed by atoms with Gasteiger partial charge in [0.05, 0.1) is 41.5 Å². The Morgan fingerprint density at radius 1 is 1.31 bits per heavy atom. The Hall–Kier alpha value is -3.68. The van der Waals surface area contributed by atoms with Gasteiger partial charge in [0, 0.05) is 5.39 Å². The van der Waals surface area contributed by atoms with Crippen molar-refractivity contribution < 1.29 is 14.3 Å². The van der Waals surface area contributed by atoms with Crippen molar-refractivity contribution in [3.63, 3.8) is 0 Å². The topological polar surface area (TPSA) is 90.5 Å². The number of carbonyl (C=O) groups is 2. The number of anilines is 1. The summed E-state index contributed by atoms with van der Waals surface area (Å²) in [6.45, 7) is 3.92. The number of para-hydroxylation sites is 1. The number of carbonyl (C=O) groups excluding carboxylic acids is 2. The molecule has 0 radical (unpaired) electrons. The van der Waals surface area contributed by atoms with Crippen LogP contribution in [0.15, 0.2) is 36.5 Å². The summed E-state index contributed by atoms with van der Waals surface area (Å²) in [5.74, 6) is -0.490. The monoisotopic (exact) mass is 389 g/mol. The molecular weight excluding hydrogens is 370 g/mol. The van der Waals surface area contributed by atoms with Crippen LogP contribution in [-0.2, 0) is 9.53 Å². The van der Waals surface area contributed by atoms with E-state index in [0.29, 0.717) is 17.6 Å². The van der Waals surface area contributed by atoms with Crippen molar-refractivity contribution in [2.45, 2.75) is 26.3 Å². The van der Waals surface area contributed by atoms with Crippen molar-refractivity contribution in [2.75, 3.05) is 12.4 Å². The molecule has 1 N–H and O–H groups in total. The lowest BCUT2D eigenvalue weighted by Gasteiger charge is -2.26. The molecule has 1 aromatic carbocycles. The van der Waals surface area contributed by atoms with Crippen LogP contribution >= 0.6 is 0 Å². The van der Waals surface area contributed by atoms with Crippen LogP contribution in [0, 0.1) is 6.92 Å². The lowest BCUT2D eigenvalue weighted by molar-refractivity contribution is -0.119. The van der Waals surface area contributed by atoms with Gasteiger partial charge in [0.15, 0.2) is 5.65 Å². The summed E-state index contributed by atoms with van der Waals surface area (Å²) in [5, 5.41) is 8.40. The number of amides is 1. The molecule has 146 valence electrons. The smallest absolute Gasteiger partial charge is 0.339 e. The Kier molecular flexibility index (Phi) is 3.70. The van der Waals surface area contributed by atoms with Gasteiger partial charge in [-0.2, -0.15) is 5.10 Å². The van der Waals surface area contributed by atoms with E-state index in [4.69, 9.17) is 9.72 Å². The van der Waals surface area contributed by atoms with E-state index in [0.717, 1.165) is 33.7 Å². The summed E-state index contributed by atoms with van der Waals surface area (Å²) in [4.78, 5) is 29.3. The number of hydrogen-bond donors (Lipinski definition) is 1. The number of aromatic nitrogens is 4. The van der Waals surface area contributed by atoms with Crippen molar-refractivity contribution in [3.8, 4) is 11.4 Å². The first-order chi connectivity index (χ1) is 14.0. The quantitative estimate of drug-likeness (QED) is 0.543. The van der Waals surface area contributed by atoms with Gasteiger partial charge in [-0.25, -0.2) is 14.3 Å². The third kappa shape index (κ3) is 2.38. The molecule has 8 heteroatoms. The molecule has 8 nitrogen and oxygen atoms in total. The second-order valence-electron chi connectivity index (χ2n) is 7.11. The van der Waals surface area contributed by atoms with Gasteiger partial charge in [-0.05, 0) is 31.5 Å². The van der Waals surface area contributed by atoms with Gasteiger partial charge >= 0.3 is 5.97 Å². The molecule has 1 atom stereocenters. The predicted molar refractivity (Wildman–Crippen MR) is 108 cm³/mol. The van der Waals surface area contributed by atoms with Gasteiger partial charge in [0.1, 0.15) is 11.7 Å². The fraction of sp³-hybridized carbons (Fsp3) is 0.238. The number of hydrogen-bond acceptors (Lipinski definition) is 5. The minimum atomic E-state index is -0.460. The fourth-order valence-corrected chi connectivity index (χ4v) is 4.11. The lowest BCUT2D eigenvalue weighted by atomic mass is 10.1. The molecule has 0 bridgehead atoms. The molecule has 5 rings (SSSR count). The molecular formula is C21H19N5O3. The highest BCUT2D eigenvalue weighted by Gasteiger charge is 2.31. The maximum Gasteiger partial charge on any atom is 0.339 e. The Balaban J connectivity index is 1.79. The summed E-state index contributed by atoms with van der Waals surface area (Å²) >= 11 is 0. The standard InChI is InChI=1S/C21H19N5O3/c1-4-15-20(27)23-14-7-5-6-12-8-16(25(15)19(12)14)18-11(2)26-17(24-18)9-13(10-22-26)21(28)29-3/h5-10,15H,4H2,1-3H3,(H,23,27). The van der Waals surface area contributed by atoms with Crippen molar-refractivity contribution >= 4 is 34.1 Å². The van der Waals surface area contributed by atoms with E-state index in [1.54, 1.807) is 10.6 Å². The molecule has 0 aliphatic carbocycles. The van der Waals surface area contributed by atoms with Crippen LogP contribution in [0.3, 0.4) is 0 Å². The zero-order valence-corrected chi connectivity index (χ0v) is 16.3. The minimum Gasteiger partial charge on any atom is -0.465 e. The second kappa shape index (κ2) is 6.16. The van der Waals surface area contributed by atoms with Gasteiger partial charge < -0.3 is 14.6 Å². The SMILES string of the molecule is CCC1C(=O)Nc2cccc3cc(-c4nc5cc(C(=O)OC)cnn5c4C)n1c23. The third-order valence-electron chi connectivity index (χ3n) is 5.48. The maximum atomic E-state index is 12.7. The van der Waals surface area contributed by atoms with Crippen molar-refractivity contribution in [1.29, 1.82) is 0 Å². The summed E-state index contributed by atoms with van der Waals surface area (Å²) in [6.07, 6.45) is 2.13. The zero-order chi connectivity index (χ0) is 20.3. The number of nitrogens with zero attached hydrogens (tertiary/aromatic N) is 4. The number of aryl methyl sites for hydroxylation is 1. The largest absolute Gasteiger partial charge is 0.465 e. The van der Waals surface area contributed by atoms with Crippen LogP contribution in [0.2, 0.25) is 0 Å². The van der Waals surface area contributed by atoms with E-state index in [9.17, 15) is 9.59 Å². The van der Waals surface area contributed by atoms with E-state index in [-0.39, 0.29) is 11.9 Å². The Morgan fingerprint density at radius 3 is 2.90 bits per heavy atom. The Labute approximate surface area is 166 Å². The van der Waals surface area contributed by atoms with E-state index in [1.807, 2.05) is 32.0 Å². The van der Waals surface area contributed by atoms with E-state index < -0.39 is 5.97 Å². The van der Waals surface area contributed by atoms with Gasteiger partial charge in [-0.3, -0.25) is 4.79 Å². The number of fused-ring (bicyclic) bond motifs is 1. The molecule has 0 fully saturated rings. The molecule has 1 aliphatic heterocycles. The number of ether oxygens (including phenoxy) is 1. The first-order valence-corrected chi connectivity index (χ1v) is 9.42. The summed E-state index contributed by atoms with van der Waals surface area (Å²) in [7, 11) is 1.33. The van der Waals surface area contributed by atoms with Crippen molar-refractivity contribution in [1.82, 2.24) is 19.2 Å². The molecule has 29 heavy (non-hydrogen) atoms. The van der Waals surface area contributed by atoms with Crippen LogP contribution in [0.1, 0.15) is 35.4 Å². The summed E-state index contributed by atoms with van der Waals surface area (Å²) in [6, 6.07) is 9.26. The average Bonchev–Trinajstić information content (AvgIpc) is 3.26. The van der Waals surface area contributed by atoms with E-state index >= 15 is 0 Å². The second-order valence-corrected chi connectivity index (χ2v) is 7.11. The van der Waals surface area contributed by atoms with Gasteiger partial charge in [0.2, 0.25) is 5.91 Å². The highest BCUT2D eigenvalue weighted by atomic mass is 16.5. The predicted octanol–water partition coefficient (Wildman–Crippen LogP) is 3.35. The van der Waals surface area contributed by atoms with Gasteiger partial charge in [-0.15, -0.1) is 0 Å². The van der Waals surface area contributed by atoms with Crippen LogP contribution < -0.4 is 5.32 Å². The van der Waals surface area contributed by atoms with Gasteiger partial charge in [0.25, 0.3) is 0 Å². The molecule has 4 heterocycles. The fourth-order valence-electron chi connectivity index (χ4n) is 4.11. The molecule has 3 aromatic heterocycles. The normalized spacial score (nSPS) is 15.7. The van der Waals surface area contributed by atoms with Crippen LogP contribution in [-0.4, -0.2) is 38.2 Å². The third-order valence-corrected chi connectivity index (χ3v) is 5.48. The molecule has 0 spiro atoms. The summed E-state index contributed by atoms with van der Waals surface area (Å²) < 4.78 is 8.54. The number of rotatable bonds is 3.